The predicted octanol–water partition coefficient (Wildman–Crippen LogP) is 2.59. The minimum absolute atomic E-state index is 0.0241. The quantitative estimate of drug-likeness (QED) is 0.775. The lowest BCUT2D eigenvalue weighted by molar-refractivity contribution is -0.145. The zero-order valence-corrected chi connectivity index (χ0v) is 11.1. The van der Waals surface area contributed by atoms with Crippen LogP contribution in [0.15, 0.2) is 24.3 Å². The molecule has 1 aliphatic carbocycles. The Morgan fingerprint density at radius 3 is 2.40 bits per heavy atom. The molecule has 3 N–H and O–H groups in total. The first-order chi connectivity index (χ1) is 9.48. The highest BCUT2D eigenvalue weighted by Gasteiger charge is 2.51. The van der Waals surface area contributed by atoms with Crippen molar-refractivity contribution in [3.8, 4) is 0 Å². The maximum atomic E-state index is 12.8. The highest BCUT2D eigenvalue weighted by atomic mass is 19.1. The van der Waals surface area contributed by atoms with Gasteiger partial charge in [-0.15, -0.1) is 0 Å². The molecule has 1 aliphatic rings. The highest BCUT2D eigenvalue weighted by Crippen LogP contribution is 2.41. The lowest BCUT2D eigenvalue weighted by Crippen LogP contribution is -2.57. The van der Waals surface area contributed by atoms with Crippen molar-refractivity contribution < 1.29 is 19.1 Å². The molecule has 0 aromatic heterocycles. The maximum absolute atomic E-state index is 12.8. The SMILES string of the molecule is CCC(NC(=O)Nc1ccc(F)cc1)(C(=O)O)C1CC1. The normalized spacial score (nSPS) is 17.1. The maximum Gasteiger partial charge on any atom is 0.329 e. The molecule has 0 aliphatic heterocycles. The Kier molecular flexibility index (Phi) is 3.92. The summed E-state index contributed by atoms with van der Waals surface area (Å²) < 4.78 is 12.8. The van der Waals surface area contributed by atoms with Crippen LogP contribution in [0.5, 0.6) is 0 Å². The third-order valence-corrected chi connectivity index (χ3v) is 3.65. The van der Waals surface area contributed by atoms with E-state index in [2.05, 4.69) is 10.6 Å². The fraction of sp³-hybridized carbons (Fsp3) is 0.429. The van der Waals surface area contributed by atoms with E-state index in [1.165, 1.54) is 24.3 Å². The topological polar surface area (TPSA) is 78.4 Å². The number of benzene rings is 1. The molecule has 1 fully saturated rings. The average Bonchev–Trinajstić information content (AvgIpc) is 3.23. The van der Waals surface area contributed by atoms with Crippen molar-refractivity contribution in [1.82, 2.24) is 5.32 Å². The average molecular weight is 280 g/mol. The number of carbonyl (C=O) groups is 2. The van der Waals surface area contributed by atoms with Gasteiger partial charge in [0.15, 0.2) is 0 Å². The lowest BCUT2D eigenvalue weighted by atomic mass is 9.90. The summed E-state index contributed by atoms with van der Waals surface area (Å²) in [5, 5.41) is 14.5. The van der Waals surface area contributed by atoms with Gasteiger partial charge in [-0.2, -0.15) is 0 Å². The molecule has 0 heterocycles. The Balaban J connectivity index is 2.05. The van der Waals surface area contributed by atoms with Crippen LogP contribution in [0.1, 0.15) is 26.2 Å². The number of anilines is 1. The van der Waals surface area contributed by atoms with Gasteiger partial charge in [0.2, 0.25) is 0 Å². The summed E-state index contributed by atoms with van der Waals surface area (Å²) in [6, 6.07) is 4.69. The van der Waals surface area contributed by atoms with Crippen LogP contribution in [-0.4, -0.2) is 22.6 Å². The molecule has 2 rings (SSSR count). The van der Waals surface area contributed by atoms with Gasteiger partial charge < -0.3 is 15.7 Å². The Morgan fingerprint density at radius 2 is 1.95 bits per heavy atom. The standard InChI is InChI=1S/C14H17FN2O3/c1-2-14(12(18)19,9-3-4-9)17-13(20)16-11-7-5-10(15)6-8-11/h5-9H,2-4H2,1H3,(H,18,19)(H2,16,17,20). The van der Waals surface area contributed by atoms with Crippen LogP contribution in [0.2, 0.25) is 0 Å². The van der Waals surface area contributed by atoms with Crippen molar-refractivity contribution in [2.45, 2.75) is 31.7 Å². The summed E-state index contributed by atoms with van der Waals surface area (Å²) in [4.78, 5) is 23.4. The Bertz CT molecular complexity index is 514. The van der Waals surface area contributed by atoms with Crippen LogP contribution in [-0.2, 0) is 4.79 Å². The zero-order chi connectivity index (χ0) is 14.8. The second kappa shape index (κ2) is 5.48. The van der Waals surface area contributed by atoms with E-state index in [1.807, 2.05) is 0 Å². The fourth-order valence-corrected chi connectivity index (χ4v) is 2.33. The number of carboxylic acid groups (broad SMARTS) is 1. The number of urea groups is 1. The first kappa shape index (κ1) is 14.3. The van der Waals surface area contributed by atoms with E-state index in [4.69, 9.17) is 0 Å². The summed E-state index contributed by atoms with van der Waals surface area (Å²) in [7, 11) is 0. The number of aliphatic carboxylic acids is 1. The molecule has 1 atom stereocenters. The van der Waals surface area contributed by atoms with Gasteiger partial charge in [0.05, 0.1) is 0 Å². The van der Waals surface area contributed by atoms with Gasteiger partial charge in [-0.05, 0) is 49.4 Å². The van der Waals surface area contributed by atoms with E-state index in [0.29, 0.717) is 12.1 Å². The Hall–Kier alpha value is -2.11. The summed E-state index contributed by atoms with van der Waals surface area (Å²) >= 11 is 0. The summed E-state index contributed by atoms with van der Waals surface area (Å²) in [6.07, 6.45) is 1.93. The minimum Gasteiger partial charge on any atom is -0.479 e. The van der Waals surface area contributed by atoms with E-state index in [-0.39, 0.29) is 5.92 Å². The monoisotopic (exact) mass is 280 g/mol. The molecule has 1 unspecified atom stereocenters. The summed E-state index contributed by atoms with van der Waals surface area (Å²) in [5.41, 5.74) is -0.806. The van der Waals surface area contributed by atoms with Crippen molar-refractivity contribution in [2.24, 2.45) is 5.92 Å². The molecule has 1 aromatic rings. The number of carboxylic acids is 1. The Labute approximate surface area is 116 Å². The molecule has 0 spiro atoms. The second-order valence-corrected chi connectivity index (χ2v) is 4.99. The second-order valence-electron chi connectivity index (χ2n) is 4.99. The fourth-order valence-electron chi connectivity index (χ4n) is 2.33. The van der Waals surface area contributed by atoms with E-state index in [0.717, 1.165) is 12.8 Å². The molecule has 6 heteroatoms. The number of amides is 2. The van der Waals surface area contributed by atoms with E-state index < -0.39 is 23.4 Å². The molecule has 2 amide bonds. The first-order valence-electron chi connectivity index (χ1n) is 6.56. The van der Waals surface area contributed by atoms with E-state index >= 15 is 0 Å². The van der Waals surface area contributed by atoms with Gasteiger partial charge in [0.1, 0.15) is 11.4 Å². The van der Waals surface area contributed by atoms with Crippen molar-refractivity contribution >= 4 is 17.7 Å². The van der Waals surface area contributed by atoms with Crippen molar-refractivity contribution in [1.29, 1.82) is 0 Å². The van der Waals surface area contributed by atoms with Crippen LogP contribution in [0, 0.1) is 11.7 Å². The van der Waals surface area contributed by atoms with Gasteiger partial charge in [-0.25, -0.2) is 14.0 Å². The lowest BCUT2D eigenvalue weighted by Gasteiger charge is -2.29. The van der Waals surface area contributed by atoms with Crippen LogP contribution < -0.4 is 10.6 Å². The molecular formula is C14H17FN2O3. The van der Waals surface area contributed by atoms with E-state index in [1.54, 1.807) is 6.92 Å². The molecular weight excluding hydrogens is 263 g/mol. The molecule has 108 valence electrons. The smallest absolute Gasteiger partial charge is 0.329 e. The third-order valence-electron chi connectivity index (χ3n) is 3.65. The molecule has 1 aromatic carbocycles. The molecule has 0 radical (unpaired) electrons. The Morgan fingerprint density at radius 1 is 1.35 bits per heavy atom. The van der Waals surface area contributed by atoms with Gasteiger partial charge in [0.25, 0.3) is 0 Å². The van der Waals surface area contributed by atoms with E-state index in [9.17, 15) is 19.1 Å². The highest BCUT2D eigenvalue weighted by molar-refractivity contribution is 5.94. The number of carbonyl (C=O) groups excluding carboxylic acids is 1. The first-order valence-corrected chi connectivity index (χ1v) is 6.56. The van der Waals surface area contributed by atoms with Gasteiger partial charge >= 0.3 is 12.0 Å². The van der Waals surface area contributed by atoms with Gasteiger partial charge in [-0.1, -0.05) is 6.92 Å². The van der Waals surface area contributed by atoms with Crippen LogP contribution >= 0.6 is 0 Å². The zero-order valence-electron chi connectivity index (χ0n) is 11.1. The van der Waals surface area contributed by atoms with Crippen molar-refractivity contribution in [3.05, 3.63) is 30.1 Å². The molecule has 0 saturated heterocycles. The van der Waals surface area contributed by atoms with Crippen molar-refractivity contribution in [2.75, 3.05) is 5.32 Å². The molecule has 20 heavy (non-hydrogen) atoms. The van der Waals surface area contributed by atoms with Crippen LogP contribution in [0.25, 0.3) is 0 Å². The molecule has 5 nitrogen and oxygen atoms in total. The predicted molar refractivity (Wildman–Crippen MR) is 71.9 cm³/mol. The van der Waals surface area contributed by atoms with Gasteiger partial charge in [-0.3, -0.25) is 0 Å². The summed E-state index contributed by atoms with van der Waals surface area (Å²) in [5.74, 6) is -1.44. The number of nitrogens with one attached hydrogen (secondary N) is 2. The minimum atomic E-state index is -1.22. The van der Waals surface area contributed by atoms with Gasteiger partial charge in [0, 0.05) is 5.69 Å². The number of hydrogen-bond donors (Lipinski definition) is 3. The third kappa shape index (κ3) is 2.89. The molecule has 1 saturated carbocycles. The van der Waals surface area contributed by atoms with Crippen molar-refractivity contribution in [3.63, 3.8) is 0 Å². The largest absolute Gasteiger partial charge is 0.479 e. The number of hydrogen-bond acceptors (Lipinski definition) is 2. The number of rotatable bonds is 5. The molecule has 0 bridgehead atoms. The van der Waals surface area contributed by atoms with Crippen LogP contribution in [0.3, 0.4) is 0 Å². The van der Waals surface area contributed by atoms with Crippen LogP contribution in [0.4, 0.5) is 14.9 Å². The number of halogens is 1. The summed E-state index contributed by atoms with van der Waals surface area (Å²) in [6.45, 7) is 1.74.